The molecule has 0 saturated heterocycles. The molecule has 0 spiro atoms. The summed E-state index contributed by atoms with van der Waals surface area (Å²) in [6.07, 6.45) is 33.7. The van der Waals surface area contributed by atoms with Crippen LogP contribution in [-0.2, 0) is 0 Å². The Bertz CT molecular complexity index is 240. The van der Waals surface area contributed by atoms with Gasteiger partial charge in [0.05, 0.1) is 0 Å². The number of hydrogen-bond acceptors (Lipinski definition) is 0. The lowest BCUT2D eigenvalue weighted by Gasteiger charge is -2.03. The van der Waals surface area contributed by atoms with Gasteiger partial charge in [0.25, 0.3) is 0 Å². The van der Waals surface area contributed by atoms with Crippen molar-refractivity contribution < 1.29 is 0 Å². The van der Waals surface area contributed by atoms with Crippen LogP contribution >= 0.6 is 0 Å². The predicted molar refractivity (Wildman–Crippen MR) is 117 cm³/mol. The molecule has 0 aromatic heterocycles. The van der Waals surface area contributed by atoms with Gasteiger partial charge in [-0.05, 0) is 25.7 Å². The van der Waals surface area contributed by atoms with Gasteiger partial charge in [-0.25, -0.2) is 0 Å². The first-order valence-electron chi connectivity index (χ1n) is 11.6. The van der Waals surface area contributed by atoms with E-state index in [-0.39, 0.29) is 0 Å². The third kappa shape index (κ3) is 23.7. The van der Waals surface area contributed by atoms with Crippen molar-refractivity contribution in [2.75, 3.05) is 0 Å². The molecule has 0 heteroatoms. The molecule has 0 atom stereocenters. The zero-order chi connectivity index (χ0) is 18.3. The van der Waals surface area contributed by atoms with E-state index >= 15 is 0 Å². The highest BCUT2D eigenvalue weighted by atomic mass is 14.0. The van der Waals surface area contributed by atoms with E-state index in [1.807, 2.05) is 0 Å². The van der Waals surface area contributed by atoms with Crippen molar-refractivity contribution in [3.63, 3.8) is 0 Å². The first kappa shape index (κ1) is 24.7. The molecule has 0 nitrogen and oxygen atoms in total. The van der Waals surface area contributed by atoms with Crippen LogP contribution < -0.4 is 0 Å². The van der Waals surface area contributed by atoms with E-state index in [1.54, 1.807) is 0 Å². The molecule has 0 aliphatic carbocycles. The number of allylic oxidation sites excluding steroid dienone is 2. The van der Waals surface area contributed by atoms with Gasteiger partial charge >= 0.3 is 0 Å². The smallest absolute Gasteiger partial charge is 0.0351 e. The summed E-state index contributed by atoms with van der Waals surface area (Å²) in [6, 6.07) is 0. The largest absolute Gasteiger partial charge is 0.0885 e. The van der Waals surface area contributed by atoms with Gasteiger partial charge in [-0.15, -0.1) is 0 Å². The lowest BCUT2D eigenvalue weighted by molar-refractivity contribution is 0.534. The van der Waals surface area contributed by atoms with Crippen molar-refractivity contribution >= 4 is 0 Å². The number of rotatable bonds is 21. The molecular weight excluding hydrogens is 300 g/mol. The third-order valence-electron chi connectivity index (χ3n) is 5.16. The van der Waals surface area contributed by atoms with Crippen molar-refractivity contribution in [2.24, 2.45) is 0 Å². The van der Waals surface area contributed by atoms with Gasteiger partial charge < -0.3 is 0 Å². The maximum absolute atomic E-state index is 3.90. The molecule has 0 fully saturated rings. The molecule has 0 aliphatic heterocycles. The number of hydrogen-bond donors (Lipinski definition) is 0. The molecule has 0 rings (SSSR count). The maximum atomic E-state index is 3.90. The fraction of sp³-hybridized carbons (Fsp3) is 0.840. The molecule has 0 aromatic carbocycles. The monoisotopic (exact) mass is 348 g/mol. The second-order valence-electron chi connectivity index (χ2n) is 7.77. The van der Waals surface area contributed by atoms with E-state index in [0.717, 1.165) is 12.8 Å². The van der Waals surface area contributed by atoms with Crippen LogP contribution in [-0.4, -0.2) is 0 Å². The minimum atomic E-state index is 1.10. The normalized spacial score (nSPS) is 11.6. The minimum Gasteiger partial charge on any atom is -0.0885 e. The van der Waals surface area contributed by atoms with Gasteiger partial charge in [0, 0.05) is 0 Å². The zero-order valence-electron chi connectivity index (χ0n) is 17.4. The van der Waals surface area contributed by atoms with Crippen LogP contribution in [0, 0.1) is 13.8 Å². The highest BCUT2D eigenvalue weighted by molar-refractivity contribution is 4.81. The van der Waals surface area contributed by atoms with Gasteiger partial charge in [0.15, 0.2) is 0 Å². The molecule has 2 radical (unpaired) electrons. The summed E-state index contributed by atoms with van der Waals surface area (Å²) < 4.78 is 0. The van der Waals surface area contributed by atoms with E-state index in [1.165, 1.54) is 122 Å². The first-order chi connectivity index (χ1) is 12.4. The van der Waals surface area contributed by atoms with Crippen LogP contribution in [0.4, 0.5) is 0 Å². The highest BCUT2D eigenvalue weighted by Crippen LogP contribution is 2.13. The Morgan fingerprint density at radius 3 is 0.880 bits per heavy atom. The van der Waals surface area contributed by atoms with Crippen molar-refractivity contribution in [1.29, 1.82) is 0 Å². The Hall–Kier alpha value is -0.260. The van der Waals surface area contributed by atoms with E-state index in [9.17, 15) is 0 Å². The minimum absolute atomic E-state index is 1.10. The molecule has 0 bridgehead atoms. The number of unbranched alkanes of at least 4 members (excludes halogenated alkanes) is 19. The summed E-state index contributed by atoms with van der Waals surface area (Å²) in [5, 5.41) is 0. The highest BCUT2D eigenvalue weighted by Gasteiger charge is 1.94. The van der Waals surface area contributed by atoms with E-state index in [2.05, 4.69) is 26.0 Å². The molecule has 0 heterocycles. The molecular formula is C25H48. The first-order valence-corrected chi connectivity index (χ1v) is 11.6. The van der Waals surface area contributed by atoms with Gasteiger partial charge in [-0.2, -0.15) is 0 Å². The average Bonchev–Trinajstić information content (AvgIpc) is 2.63. The Morgan fingerprint density at radius 2 is 0.560 bits per heavy atom. The van der Waals surface area contributed by atoms with Gasteiger partial charge in [-0.3, -0.25) is 0 Å². The molecule has 148 valence electrons. The Balaban J connectivity index is 3.01. The summed E-state index contributed by atoms with van der Waals surface area (Å²) in [4.78, 5) is 0. The molecule has 0 unspecified atom stereocenters. The Morgan fingerprint density at radius 1 is 0.320 bits per heavy atom. The van der Waals surface area contributed by atoms with Crippen molar-refractivity contribution in [3.05, 3.63) is 26.0 Å². The van der Waals surface area contributed by atoms with Crippen LogP contribution in [0.15, 0.2) is 12.2 Å². The van der Waals surface area contributed by atoms with E-state index in [0.29, 0.717) is 0 Å². The van der Waals surface area contributed by atoms with Crippen molar-refractivity contribution in [2.45, 2.75) is 135 Å². The van der Waals surface area contributed by atoms with E-state index < -0.39 is 0 Å². The van der Waals surface area contributed by atoms with Crippen LogP contribution in [0.5, 0.6) is 0 Å². The summed E-state index contributed by atoms with van der Waals surface area (Å²) in [6.45, 7) is 7.79. The Kier molecular flexibility index (Phi) is 23.5. The van der Waals surface area contributed by atoms with E-state index in [4.69, 9.17) is 0 Å². The molecule has 0 amide bonds. The maximum Gasteiger partial charge on any atom is -0.0351 e. The van der Waals surface area contributed by atoms with Crippen LogP contribution in [0.3, 0.4) is 0 Å². The summed E-state index contributed by atoms with van der Waals surface area (Å²) in [7, 11) is 0. The van der Waals surface area contributed by atoms with Crippen molar-refractivity contribution in [1.82, 2.24) is 0 Å². The lowest BCUT2D eigenvalue weighted by Crippen LogP contribution is -1.83. The van der Waals surface area contributed by atoms with Crippen LogP contribution in [0.2, 0.25) is 0 Å². The SMILES string of the molecule is [CH2]CCCCC/C=C/CCCCCCCCCCCCCCCC[CH2]. The lowest BCUT2D eigenvalue weighted by atomic mass is 10.0. The standard InChI is InChI=1S/C25H48/c1-3-5-7-9-11-13-15-17-19-21-23-25-24-22-20-18-16-14-12-10-8-6-4-2/h13,15H,1-12,14,16-25H2/b15-13+. The third-order valence-corrected chi connectivity index (χ3v) is 5.16. The van der Waals surface area contributed by atoms with Crippen molar-refractivity contribution in [3.8, 4) is 0 Å². The topological polar surface area (TPSA) is 0 Å². The second-order valence-corrected chi connectivity index (χ2v) is 7.77. The fourth-order valence-electron chi connectivity index (χ4n) is 3.41. The Labute approximate surface area is 161 Å². The van der Waals surface area contributed by atoms with Crippen LogP contribution in [0.1, 0.15) is 135 Å². The molecule has 0 N–H and O–H groups in total. The molecule has 0 aromatic rings. The summed E-state index contributed by atoms with van der Waals surface area (Å²) >= 11 is 0. The van der Waals surface area contributed by atoms with Crippen LogP contribution in [0.25, 0.3) is 0 Å². The summed E-state index contributed by atoms with van der Waals surface area (Å²) in [5.74, 6) is 0. The molecule has 0 saturated carbocycles. The average molecular weight is 349 g/mol. The summed E-state index contributed by atoms with van der Waals surface area (Å²) in [5.41, 5.74) is 0. The van der Waals surface area contributed by atoms with Gasteiger partial charge in [0.2, 0.25) is 0 Å². The van der Waals surface area contributed by atoms with Gasteiger partial charge in [-0.1, -0.05) is 135 Å². The van der Waals surface area contributed by atoms with Gasteiger partial charge in [0.1, 0.15) is 0 Å². The second kappa shape index (κ2) is 23.7. The quantitative estimate of drug-likeness (QED) is 0.143. The fourth-order valence-corrected chi connectivity index (χ4v) is 3.41. The zero-order valence-corrected chi connectivity index (χ0v) is 17.4. The predicted octanol–water partition coefficient (Wildman–Crippen LogP) is 9.40. The molecule has 25 heavy (non-hydrogen) atoms. The molecule has 0 aliphatic rings.